The molecule has 2 fully saturated rings. The van der Waals surface area contributed by atoms with Gasteiger partial charge >= 0.3 is 0 Å². The smallest absolute Gasteiger partial charge is 0.264 e. The fourth-order valence-electron chi connectivity index (χ4n) is 4.43. The number of aromatic nitrogens is 3. The summed E-state index contributed by atoms with van der Waals surface area (Å²) in [5, 5.41) is 6.40. The lowest BCUT2D eigenvalue weighted by Gasteiger charge is -2.37. The van der Waals surface area contributed by atoms with Crippen LogP contribution in [0.2, 0.25) is 0 Å². The van der Waals surface area contributed by atoms with E-state index >= 15 is 0 Å². The molecule has 0 bridgehead atoms. The second-order valence-corrected chi connectivity index (χ2v) is 9.23. The van der Waals surface area contributed by atoms with Gasteiger partial charge in [0.15, 0.2) is 0 Å². The summed E-state index contributed by atoms with van der Waals surface area (Å²) in [7, 11) is 0. The molecule has 0 aliphatic carbocycles. The van der Waals surface area contributed by atoms with Crippen LogP contribution in [-0.2, 0) is 11.3 Å². The second kappa shape index (κ2) is 9.26. The Kier molecular flexibility index (Phi) is 6.48. The maximum atomic E-state index is 12.8. The first-order chi connectivity index (χ1) is 14.5. The number of amides is 2. The fourth-order valence-corrected chi connectivity index (χ4v) is 5.12. The summed E-state index contributed by atoms with van der Waals surface area (Å²) in [4.78, 5) is 36.5. The van der Waals surface area contributed by atoms with Crippen molar-refractivity contribution >= 4 is 23.2 Å². The number of aryl methyl sites for hydroxylation is 2. The number of carbonyl (C=O) groups excluding carboxylic acids is 2. The molecule has 9 heteroatoms. The lowest BCUT2D eigenvalue weighted by molar-refractivity contribution is -0.134. The third-order valence-corrected chi connectivity index (χ3v) is 6.87. The van der Waals surface area contributed by atoms with Gasteiger partial charge in [0.2, 0.25) is 5.91 Å². The molecule has 30 heavy (non-hydrogen) atoms. The van der Waals surface area contributed by atoms with Gasteiger partial charge in [0.1, 0.15) is 11.6 Å². The lowest BCUT2D eigenvalue weighted by atomic mass is 9.98. The van der Waals surface area contributed by atoms with E-state index in [1.807, 2.05) is 45.8 Å². The van der Waals surface area contributed by atoms with E-state index in [0.29, 0.717) is 38.6 Å². The first-order valence-electron chi connectivity index (χ1n) is 10.7. The molecule has 0 N–H and O–H groups in total. The summed E-state index contributed by atoms with van der Waals surface area (Å²) in [6.07, 6.45) is 2.26. The first kappa shape index (κ1) is 21.0. The van der Waals surface area contributed by atoms with Crippen LogP contribution in [0, 0.1) is 19.8 Å². The van der Waals surface area contributed by atoms with Crippen molar-refractivity contribution in [3.63, 3.8) is 0 Å². The molecule has 8 nitrogen and oxygen atoms in total. The maximum Gasteiger partial charge on any atom is 0.264 e. The summed E-state index contributed by atoms with van der Waals surface area (Å²) in [5.41, 5.74) is 0. The second-order valence-electron chi connectivity index (χ2n) is 8.28. The summed E-state index contributed by atoms with van der Waals surface area (Å²) in [5.74, 6) is 2.51. The van der Waals surface area contributed by atoms with E-state index in [9.17, 15) is 9.59 Å². The van der Waals surface area contributed by atoms with Gasteiger partial charge in [-0.3, -0.25) is 14.5 Å². The highest BCUT2D eigenvalue weighted by Crippen LogP contribution is 2.19. The van der Waals surface area contributed by atoms with Crippen LogP contribution < -0.4 is 0 Å². The average molecular weight is 431 g/mol. The quantitative estimate of drug-likeness (QED) is 0.721. The van der Waals surface area contributed by atoms with E-state index in [1.54, 1.807) is 0 Å². The highest BCUT2D eigenvalue weighted by Gasteiger charge is 2.28. The molecular weight excluding hydrogens is 400 g/mol. The highest BCUT2D eigenvalue weighted by atomic mass is 32.1. The summed E-state index contributed by atoms with van der Waals surface area (Å²) >= 11 is 1.47. The van der Waals surface area contributed by atoms with E-state index in [2.05, 4.69) is 15.0 Å². The van der Waals surface area contributed by atoms with Crippen LogP contribution in [0.25, 0.3) is 0 Å². The molecule has 0 saturated carbocycles. The predicted molar refractivity (Wildman–Crippen MR) is 115 cm³/mol. The van der Waals surface area contributed by atoms with Crippen molar-refractivity contribution in [2.24, 2.45) is 5.92 Å². The van der Waals surface area contributed by atoms with E-state index in [-0.39, 0.29) is 11.8 Å². The van der Waals surface area contributed by atoms with Gasteiger partial charge in [-0.05, 0) is 50.6 Å². The van der Waals surface area contributed by atoms with Gasteiger partial charge < -0.3 is 9.80 Å². The highest BCUT2D eigenvalue weighted by molar-refractivity contribution is 7.12. The summed E-state index contributed by atoms with van der Waals surface area (Å²) in [6.45, 7) is 9.57. The Morgan fingerprint density at radius 1 is 1.13 bits per heavy atom. The van der Waals surface area contributed by atoms with Crippen molar-refractivity contribution in [2.45, 2.75) is 33.2 Å². The zero-order valence-electron chi connectivity index (χ0n) is 17.8. The van der Waals surface area contributed by atoms with Gasteiger partial charge in [-0.2, -0.15) is 5.10 Å². The number of nitrogens with zero attached hydrogens (tertiary/aromatic N) is 6. The number of rotatable bonds is 5. The van der Waals surface area contributed by atoms with Gasteiger partial charge in [-0.25, -0.2) is 9.67 Å². The van der Waals surface area contributed by atoms with Gasteiger partial charge in [0.25, 0.3) is 5.91 Å². The zero-order valence-corrected chi connectivity index (χ0v) is 18.6. The normalized spacial score (nSPS) is 20.5. The van der Waals surface area contributed by atoms with Crippen LogP contribution in [0.4, 0.5) is 0 Å². The molecule has 1 unspecified atom stereocenters. The summed E-state index contributed by atoms with van der Waals surface area (Å²) in [6, 6.07) is 3.76. The van der Waals surface area contributed by atoms with Crippen LogP contribution in [0.1, 0.15) is 34.2 Å². The number of piperazine rings is 1. The largest absolute Gasteiger partial charge is 0.338 e. The minimum atomic E-state index is 0.0783. The standard InChI is InChI=1S/C21H30N6O2S/c1-16-22-17(2)27(23-16)14-18-5-3-7-24(13-18)15-20(28)25-8-10-26(11-9-25)21(29)19-6-4-12-30-19/h4,6,12,18H,3,5,7-11,13-15H2,1-2H3. The van der Waals surface area contributed by atoms with Crippen molar-refractivity contribution in [2.75, 3.05) is 45.8 Å². The van der Waals surface area contributed by atoms with Gasteiger partial charge in [0.05, 0.1) is 11.4 Å². The zero-order chi connectivity index (χ0) is 21.1. The van der Waals surface area contributed by atoms with Crippen molar-refractivity contribution in [1.82, 2.24) is 29.5 Å². The van der Waals surface area contributed by atoms with Crippen LogP contribution >= 0.6 is 11.3 Å². The number of piperidine rings is 1. The molecule has 4 heterocycles. The molecule has 4 rings (SSSR count). The number of hydrogen-bond acceptors (Lipinski definition) is 6. The molecule has 2 saturated heterocycles. The van der Waals surface area contributed by atoms with Crippen molar-refractivity contribution in [3.8, 4) is 0 Å². The molecule has 2 amide bonds. The predicted octanol–water partition coefficient (Wildman–Crippen LogP) is 1.65. The average Bonchev–Trinajstić information content (AvgIpc) is 3.38. The monoisotopic (exact) mass is 430 g/mol. The Morgan fingerprint density at radius 3 is 2.57 bits per heavy atom. The molecule has 2 aromatic heterocycles. The molecule has 2 aliphatic heterocycles. The molecule has 2 aromatic rings. The Hall–Kier alpha value is -2.26. The van der Waals surface area contributed by atoms with E-state index in [4.69, 9.17) is 0 Å². The molecular formula is C21H30N6O2S. The minimum Gasteiger partial charge on any atom is -0.338 e. The van der Waals surface area contributed by atoms with Crippen LogP contribution in [0.3, 0.4) is 0 Å². The Labute approximate surface area is 181 Å². The number of hydrogen-bond donors (Lipinski definition) is 0. The number of thiophene rings is 1. The maximum absolute atomic E-state index is 12.8. The Balaban J connectivity index is 1.25. The molecule has 2 aliphatic rings. The molecule has 0 aromatic carbocycles. The lowest BCUT2D eigenvalue weighted by Crippen LogP contribution is -2.53. The first-order valence-corrected chi connectivity index (χ1v) is 11.6. The van der Waals surface area contributed by atoms with E-state index in [0.717, 1.165) is 49.0 Å². The van der Waals surface area contributed by atoms with E-state index < -0.39 is 0 Å². The molecule has 0 spiro atoms. The van der Waals surface area contributed by atoms with Crippen molar-refractivity contribution in [3.05, 3.63) is 34.0 Å². The van der Waals surface area contributed by atoms with Crippen LogP contribution in [-0.4, -0.2) is 87.1 Å². The van der Waals surface area contributed by atoms with Crippen LogP contribution in [0.5, 0.6) is 0 Å². The van der Waals surface area contributed by atoms with Gasteiger partial charge in [-0.15, -0.1) is 11.3 Å². The third-order valence-electron chi connectivity index (χ3n) is 6.01. The Morgan fingerprint density at radius 2 is 1.90 bits per heavy atom. The SMILES string of the molecule is Cc1nc(C)n(CC2CCCN(CC(=O)N3CCN(C(=O)c4cccs4)CC3)C2)n1. The van der Waals surface area contributed by atoms with Crippen molar-refractivity contribution in [1.29, 1.82) is 0 Å². The molecule has 162 valence electrons. The fraction of sp³-hybridized carbons (Fsp3) is 0.619. The summed E-state index contributed by atoms with van der Waals surface area (Å²) < 4.78 is 2.00. The third kappa shape index (κ3) is 4.89. The molecule has 0 radical (unpaired) electrons. The number of likely N-dealkylation sites (tertiary alicyclic amines) is 1. The van der Waals surface area contributed by atoms with Gasteiger partial charge in [0, 0.05) is 39.3 Å². The van der Waals surface area contributed by atoms with Gasteiger partial charge in [-0.1, -0.05) is 6.07 Å². The van der Waals surface area contributed by atoms with E-state index in [1.165, 1.54) is 11.3 Å². The minimum absolute atomic E-state index is 0.0783. The van der Waals surface area contributed by atoms with Crippen LogP contribution in [0.15, 0.2) is 17.5 Å². The molecule has 1 atom stereocenters. The van der Waals surface area contributed by atoms with Crippen molar-refractivity contribution < 1.29 is 9.59 Å². The Bertz CT molecular complexity index is 872. The number of carbonyl (C=O) groups is 2. The topological polar surface area (TPSA) is 74.6 Å².